The van der Waals surface area contributed by atoms with E-state index in [1.807, 2.05) is 0 Å². The van der Waals surface area contributed by atoms with E-state index in [0.29, 0.717) is 22.4 Å². The Morgan fingerprint density at radius 2 is 2.08 bits per heavy atom. The van der Waals surface area contributed by atoms with E-state index >= 15 is 0 Å². The van der Waals surface area contributed by atoms with Gasteiger partial charge >= 0.3 is 0 Å². The van der Waals surface area contributed by atoms with Crippen LogP contribution in [0.5, 0.6) is 23.1 Å². The third-order valence-corrected chi connectivity index (χ3v) is 3.21. The second kappa shape index (κ2) is 7.10. The van der Waals surface area contributed by atoms with E-state index in [1.54, 1.807) is 18.2 Å². The first-order valence-electron chi connectivity index (χ1n) is 7.13. The Kier molecular flexibility index (Phi) is 4.72. The maximum absolute atomic E-state index is 13.7. The molecule has 0 amide bonds. The molecule has 3 aromatic rings. The molecule has 7 heteroatoms. The maximum atomic E-state index is 13.7. The summed E-state index contributed by atoms with van der Waals surface area (Å²) in [6.45, 7) is 0.00444. The van der Waals surface area contributed by atoms with Gasteiger partial charge in [0.25, 0.3) is 0 Å². The predicted octanol–water partition coefficient (Wildman–Crippen LogP) is 2.74. The predicted molar refractivity (Wildman–Crippen MR) is 84.0 cm³/mol. The molecule has 1 heterocycles. The lowest BCUT2D eigenvalue weighted by atomic mass is 10.2. The van der Waals surface area contributed by atoms with Crippen molar-refractivity contribution in [2.24, 2.45) is 0 Å². The molecule has 0 aliphatic carbocycles. The molecule has 123 valence electrons. The van der Waals surface area contributed by atoms with E-state index in [1.165, 1.54) is 25.6 Å². The number of hydrogen-bond acceptors (Lipinski definition) is 6. The molecule has 0 unspecified atom stereocenters. The monoisotopic (exact) mass is 329 g/mol. The van der Waals surface area contributed by atoms with Gasteiger partial charge in [-0.05, 0) is 12.1 Å². The Hall–Kier alpha value is -2.93. The summed E-state index contributed by atoms with van der Waals surface area (Å²) >= 11 is 0. The molecule has 1 N–H and O–H groups in total. The number of ether oxygens (including phenoxy) is 3. The first kappa shape index (κ1) is 15.9. The minimum atomic E-state index is -0.612. The minimum absolute atomic E-state index is 0.0112. The highest BCUT2D eigenvalue weighted by atomic mass is 19.1. The lowest BCUT2D eigenvalue weighted by Crippen LogP contribution is -2.03. The molecule has 6 nitrogen and oxygen atoms in total. The topological polar surface area (TPSA) is 73.7 Å². The van der Waals surface area contributed by atoms with Crippen LogP contribution < -0.4 is 14.2 Å². The standard InChI is InChI=1S/C17H14FN2O4/c1-22-15-8-11-13(9-16(15)23-7-6-21)19-10-20-17(11)24-14-5-3-2-4-12(14)18/h2-3,5,8-10,21H,6-7H2,1H3. The number of hydrogen-bond donors (Lipinski definition) is 1. The van der Waals surface area contributed by atoms with Gasteiger partial charge < -0.3 is 19.3 Å². The number of fused-ring (bicyclic) bond motifs is 1. The zero-order valence-corrected chi connectivity index (χ0v) is 12.8. The van der Waals surface area contributed by atoms with Crippen LogP contribution in [-0.4, -0.2) is 35.4 Å². The van der Waals surface area contributed by atoms with E-state index in [0.717, 1.165) is 0 Å². The summed E-state index contributed by atoms with van der Waals surface area (Å²) < 4.78 is 30.0. The molecule has 24 heavy (non-hydrogen) atoms. The second-order valence-electron chi connectivity index (χ2n) is 4.72. The highest BCUT2D eigenvalue weighted by Gasteiger charge is 2.14. The van der Waals surface area contributed by atoms with Crippen LogP contribution in [0.2, 0.25) is 0 Å². The van der Waals surface area contributed by atoms with Crippen LogP contribution in [0, 0.1) is 11.9 Å². The van der Waals surface area contributed by atoms with Gasteiger partial charge in [0.1, 0.15) is 12.9 Å². The van der Waals surface area contributed by atoms with E-state index in [2.05, 4.69) is 16.0 Å². The van der Waals surface area contributed by atoms with Crippen LogP contribution in [0.25, 0.3) is 10.9 Å². The molecule has 1 aromatic heterocycles. The number of methoxy groups -OCH3 is 1. The molecule has 0 spiro atoms. The van der Waals surface area contributed by atoms with Crippen molar-refractivity contribution in [1.82, 2.24) is 9.97 Å². The molecule has 0 saturated carbocycles. The second-order valence-corrected chi connectivity index (χ2v) is 4.72. The number of aromatic nitrogens is 2. The molecule has 0 saturated heterocycles. The summed E-state index contributed by atoms with van der Waals surface area (Å²) in [4.78, 5) is 8.22. The lowest BCUT2D eigenvalue weighted by molar-refractivity contribution is 0.196. The van der Waals surface area contributed by atoms with Gasteiger partial charge in [0.2, 0.25) is 5.88 Å². The Morgan fingerprint density at radius 1 is 1.21 bits per heavy atom. The smallest absolute Gasteiger partial charge is 0.230 e. The maximum Gasteiger partial charge on any atom is 0.230 e. The Morgan fingerprint density at radius 3 is 2.83 bits per heavy atom. The zero-order chi connectivity index (χ0) is 16.9. The first-order valence-corrected chi connectivity index (χ1v) is 7.13. The van der Waals surface area contributed by atoms with E-state index in [4.69, 9.17) is 19.3 Å². The van der Waals surface area contributed by atoms with Gasteiger partial charge in [-0.15, -0.1) is 0 Å². The Bertz CT molecular complexity index is 857. The summed E-state index contributed by atoms with van der Waals surface area (Å²) in [5, 5.41) is 9.42. The fraction of sp³-hybridized carbons (Fsp3) is 0.176. The van der Waals surface area contributed by atoms with Crippen LogP contribution in [0.15, 0.2) is 36.7 Å². The van der Waals surface area contributed by atoms with Gasteiger partial charge in [0.05, 0.1) is 24.6 Å². The van der Waals surface area contributed by atoms with Crippen molar-refractivity contribution in [3.05, 3.63) is 48.5 Å². The van der Waals surface area contributed by atoms with Crippen LogP contribution in [0.3, 0.4) is 0 Å². The molecule has 0 aliphatic rings. The Labute approximate surface area is 137 Å². The number of rotatable bonds is 6. The van der Waals surface area contributed by atoms with Gasteiger partial charge in [0.15, 0.2) is 23.1 Å². The summed E-state index contributed by atoms with van der Waals surface area (Å²) in [5.41, 5.74) is 0.536. The fourth-order valence-corrected chi connectivity index (χ4v) is 2.13. The summed E-state index contributed by atoms with van der Waals surface area (Å²) in [5.74, 6) is 0.445. The third-order valence-electron chi connectivity index (χ3n) is 3.21. The highest BCUT2D eigenvalue weighted by Crippen LogP contribution is 2.36. The molecular formula is C17H14FN2O4. The number of nitrogens with zero attached hydrogens (tertiary/aromatic N) is 2. The molecule has 0 fully saturated rings. The molecular weight excluding hydrogens is 315 g/mol. The van der Waals surface area contributed by atoms with E-state index in [9.17, 15) is 4.39 Å². The van der Waals surface area contributed by atoms with Gasteiger partial charge in [0, 0.05) is 12.1 Å². The van der Waals surface area contributed by atoms with Gasteiger partial charge in [-0.3, -0.25) is 0 Å². The highest BCUT2D eigenvalue weighted by molar-refractivity contribution is 5.87. The van der Waals surface area contributed by atoms with Crippen molar-refractivity contribution >= 4 is 10.9 Å². The van der Waals surface area contributed by atoms with Crippen molar-refractivity contribution in [3.8, 4) is 23.1 Å². The van der Waals surface area contributed by atoms with Crippen molar-refractivity contribution in [2.45, 2.75) is 0 Å². The molecule has 0 bridgehead atoms. The van der Waals surface area contributed by atoms with Gasteiger partial charge in [-0.1, -0.05) is 12.1 Å². The minimum Gasteiger partial charge on any atom is -0.493 e. The number of benzene rings is 2. The third kappa shape index (κ3) is 3.21. The van der Waals surface area contributed by atoms with Crippen molar-refractivity contribution < 1.29 is 23.7 Å². The summed E-state index contributed by atoms with van der Waals surface area (Å²) in [6.07, 6.45) is 1.31. The SMILES string of the molecule is COc1cc2c(Oc3ccc[c]c3F)ncnc2cc1OCCO. The lowest BCUT2D eigenvalue weighted by Gasteiger charge is -2.12. The van der Waals surface area contributed by atoms with Crippen LogP contribution in [-0.2, 0) is 0 Å². The molecule has 1 radical (unpaired) electrons. The van der Waals surface area contributed by atoms with E-state index < -0.39 is 5.82 Å². The molecule has 3 rings (SSSR count). The van der Waals surface area contributed by atoms with Crippen LogP contribution in [0.1, 0.15) is 0 Å². The molecule has 0 atom stereocenters. The van der Waals surface area contributed by atoms with E-state index in [-0.39, 0.29) is 24.8 Å². The van der Waals surface area contributed by atoms with Gasteiger partial charge in [-0.2, -0.15) is 0 Å². The molecule has 0 aliphatic heterocycles. The molecule has 2 aromatic carbocycles. The zero-order valence-electron chi connectivity index (χ0n) is 12.8. The van der Waals surface area contributed by atoms with Gasteiger partial charge in [-0.25, -0.2) is 14.4 Å². The Balaban J connectivity index is 2.04. The van der Waals surface area contributed by atoms with Crippen LogP contribution in [0.4, 0.5) is 4.39 Å². The quantitative estimate of drug-likeness (QED) is 0.749. The van der Waals surface area contributed by atoms with Crippen molar-refractivity contribution in [2.75, 3.05) is 20.3 Å². The number of aliphatic hydroxyl groups is 1. The number of halogens is 1. The normalized spacial score (nSPS) is 10.6. The van der Waals surface area contributed by atoms with Crippen molar-refractivity contribution in [3.63, 3.8) is 0 Å². The number of aliphatic hydroxyl groups excluding tert-OH is 1. The summed E-state index contributed by atoms with van der Waals surface area (Å²) in [6, 6.07) is 10.3. The largest absolute Gasteiger partial charge is 0.493 e. The average molecular weight is 329 g/mol. The first-order chi connectivity index (χ1) is 11.7. The fourth-order valence-electron chi connectivity index (χ4n) is 2.13. The average Bonchev–Trinajstić information content (AvgIpc) is 2.61. The van der Waals surface area contributed by atoms with Crippen molar-refractivity contribution in [1.29, 1.82) is 0 Å². The summed E-state index contributed by atoms with van der Waals surface area (Å²) in [7, 11) is 1.49. The van der Waals surface area contributed by atoms with Crippen LogP contribution >= 0.6 is 0 Å².